The summed E-state index contributed by atoms with van der Waals surface area (Å²) in [5.41, 5.74) is 11.6. The minimum atomic E-state index is 0.00257. The molecule has 3 rings (SSSR count). The van der Waals surface area contributed by atoms with Crippen molar-refractivity contribution in [3.05, 3.63) is 94.8 Å². The molecule has 3 aromatic rings. The fourth-order valence-corrected chi connectivity index (χ4v) is 3.14. The quantitative estimate of drug-likeness (QED) is 0.545. The Morgan fingerprint density at radius 1 is 1.04 bits per heavy atom. The molecule has 0 saturated carbocycles. The fourth-order valence-electron chi connectivity index (χ4n) is 3.14. The van der Waals surface area contributed by atoms with E-state index in [4.69, 9.17) is 5.73 Å². The van der Waals surface area contributed by atoms with Gasteiger partial charge in [-0.15, -0.1) is 0 Å². The Labute approximate surface area is 148 Å². The van der Waals surface area contributed by atoms with Gasteiger partial charge >= 0.3 is 0 Å². The average Bonchev–Trinajstić information content (AvgIpc) is 2.61. The highest BCUT2D eigenvalue weighted by molar-refractivity contribution is 5.96. The zero-order valence-corrected chi connectivity index (χ0v) is 14.6. The highest BCUT2D eigenvalue weighted by Crippen LogP contribution is 2.32. The van der Waals surface area contributed by atoms with Crippen LogP contribution in [-0.2, 0) is 0 Å². The van der Waals surface area contributed by atoms with Crippen LogP contribution in [0.15, 0.2) is 66.9 Å². The van der Waals surface area contributed by atoms with Crippen LogP contribution in [0.1, 0.15) is 45.1 Å². The van der Waals surface area contributed by atoms with E-state index in [9.17, 15) is 4.79 Å². The number of nitrogen functional groups attached to an aromatic ring is 1. The van der Waals surface area contributed by atoms with E-state index in [0.717, 1.165) is 16.9 Å². The van der Waals surface area contributed by atoms with Crippen molar-refractivity contribution in [2.45, 2.75) is 26.2 Å². The second-order valence-electron chi connectivity index (χ2n) is 6.39. The molecule has 0 aliphatic carbocycles. The lowest BCUT2D eigenvalue weighted by atomic mass is 9.84. The minimum absolute atomic E-state index is 0.00257. The number of nitrogens with zero attached hydrogens (tertiary/aromatic N) is 1. The predicted octanol–water partition coefficient (Wildman–Crippen LogP) is 4.69. The standard InChI is InChI=1S/C22H22N2O/c1-15-5-3-4-6-20(15)21(17-7-9-19(23)10-8-17)14-22(25)18-11-12-24-16(2)13-18/h3-13,21H,14,23H2,1-2H3/t21-/m1/s1. The van der Waals surface area contributed by atoms with E-state index in [1.807, 2.05) is 49.4 Å². The van der Waals surface area contributed by atoms with Crippen LogP contribution in [0.3, 0.4) is 0 Å². The molecule has 126 valence electrons. The largest absolute Gasteiger partial charge is 0.399 e. The molecule has 1 atom stereocenters. The number of nitrogens with two attached hydrogens (primary N) is 1. The molecule has 2 N–H and O–H groups in total. The van der Waals surface area contributed by atoms with Gasteiger partial charge in [-0.1, -0.05) is 36.4 Å². The summed E-state index contributed by atoms with van der Waals surface area (Å²) in [6.07, 6.45) is 2.10. The molecule has 0 saturated heterocycles. The Morgan fingerprint density at radius 2 is 1.76 bits per heavy atom. The van der Waals surface area contributed by atoms with Gasteiger partial charge in [0, 0.05) is 35.5 Å². The van der Waals surface area contributed by atoms with Crippen LogP contribution in [0, 0.1) is 13.8 Å². The zero-order valence-electron chi connectivity index (χ0n) is 14.6. The van der Waals surface area contributed by atoms with Gasteiger partial charge in [-0.2, -0.15) is 0 Å². The van der Waals surface area contributed by atoms with Crippen LogP contribution < -0.4 is 5.73 Å². The number of hydrogen-bond acceptors (Lipinski definition) is 3. The van der Waals surface area contributed by atoms with Crippen LogP contribution in [0.2, 0.25) is 0 Å². The molecule has 2 aromatic carbocycles. The zero-order chi connectivity index (χ0) is 17.8. The maximum absolute atomic E-state index is 12.9. The first kappa shape index (κ1) is 16.9. The summed E-state index contributed by atoms with van der Waals surface area (Å²) in [5, 5.41) is 0. The number of pyridine rings is 1. The Hall–Kier alpha value is -2.94. The summed E-state index contributed by atoms with van der Waals surface area (Å²) < 4.78 is 0. The van der Waals surface area contributed by atoms with Crippen LogP contribution >= 0.6 is 0 Å². The third-order valence-corrected chi connectivity index (χ3v) is 4.51. The van der Waals surface area contributed by atoms with Gasteiger partial charge in [0.25, 0.3) is 0 Å². The first-order chi connectivity index (χ1) is 12.0. The lowest BCUT2D eigenvalue weighted by Gasteiger charge is -2.20. The normalized spacial score (nSPS) is 11.9. The minimum Gasteiger partial charge on any atom is -0.399 e. The maximum Gasteiger partial charge on any atom is 0.163 e. The molecule has 0 fully saturated rings. The summed E-state index contributed by atoms with van der Waals surface area (Å²) in [5.74, 6) is 0.123. The Kier molecular flexibility index (Phi) is 4.94. The summed E-state index contributed by atoms with van der Waals surface area (Å²) in [6, 6.07) is 19.7. The lowest BCUT2D eigenvalue weighted by Crippen LogP contribution is -2.11. The Morgan fingerprint density at radius 3 is 2.44 bits per heavy atom. The summed E-state index contributed by atoms with van der Waals surface area (Å²) in [4.78, 5) is 17.1. The summed E-state index contributed by atoms with van der Waals surface area (Å²) in [7, 11) is 0. The molecule has 25 heavy (non-hydrogen) atoms. The second-order valence-corrected chi connectivity index (χ2v) is 6.39. The third-order valence-electron chi connectivity index (χ3n) is 4.51. The predicted molar refractivity (Wildman–Crippen MR) is 102 cm³/mol. The summed E-state index contributed by atoms with van der Waals surface area (Å²) >= 11 is 0. The molecule has 0 aliphatic rings. The highest BCUT2D eigenvalue weighted by Gasteiger charge is 2.20. The van der Waals surface area contributed by atoms with Gasteiger partial charge in [-0.3, -0.25) is 9.78 Å². The van der Waals surface area contributed by atoms with Crippen molar-refractivity contribution in [2.75, 3.05) is 5.73 Å². The maximum atomic E-state index is 12.9. The van der Waals surface area contributed by atoms with E-state index in [-0.39, 0.29) is 11.7 Å². The molecule has 0 bridgehead atoms. The molecular weight excluding hydrogens is 308 g/mol. The van der Waals surface area contributed by atoms with Crippen LogP contribution in [0.25, 0.3) is 0 Å². The van der Waals surface area contributed by atoms with Crippen molar-refractivity contribution >= 4 is 11.5 Å². The van der Waals surface area contributed by atoms with Crippen molar-refractivity contribution in [2.24, 2.45) is 0 Å². The number of anilines is 1. The van der Waals surface area contributed by atoms with Gasteiger partial charge in [0.15, 0.2) is 5.78 Å². The molecule has 3 nitrogen and oxygen atoms in total. The molecule has 0 radical (unpaired) electrons. The van der Waals surface area contributed by atoms with Crippen LogP contribution in [0.4, 0.5) is 5.69 Å². The second kappa shape index (κ2) is 7.31. The number of carbonyl (C=O) groups excluding carboxylic acids is 1. The van der Waals surface area contributed by atoms with E-state index in [2.05, 4.69) is 24.0 Å². The number of aryl methyl sites for hydroxylation is 2. The monoisotopic (exact) mass is 330 g/mol. The van der Waals surface area contributed by atoms with Crippen molar-refractivity contribution in [1.29, 1.82) is 0 Å². The summed E-state index contributed by atoms with van der Waals surface area (Å²) in [6.45, 7) is 3.98. The fraction of sp³-hybridized carbons (Fsp3) is 0.182. The number of rotatable bonds is 5. The van der Waals surface area contributed by atoms with Gasteiger partial charge in [0.2, 0.25) is 0 Å². The van der Waals surface area contributed by atoms with Gasteiger partial charge in [0.05, 0.1) is 0 Å². The first-order valence-electron chi connectivity index (χ1n) is 8.41. The number of carbonyl (C=O) groups is 1. The third kappa shape index (κ3) is 3.94. The molecule has 1 heterocycles. The molecule has 3 heteroatoms. The molecule has 1 aromatic heterocycles. The molecule has 0 spiro atoms. The smallest absolute Gasteiger partial charge is 0.163 e. The SMILES string of the molecule is Cc1cc(C(=O)C[C@H](c2ccc(N)cc2)c2ccccc2C)ccn1. The highest BCUT2D eigenvalue weighted by atomic mass is 16.1. The molecule has 0 unspecified atom stereocenters. The van der Waals surface area contributed by atoms with Crippen molar-refractivity contribution in [3.8, 4) is 0 Å². The molecular formula is C22H22N2O. The van der Waals surface area contributed by atoms with Gasteiger partial charge in [-0.05, 0) is 54.8 Å². The van der Waals surface area contributed by atoms with Crippen LogP contribution in [0.5, 0.6) is 0 Å². The molecule has 0 amide bonds. The first-order valence-corrected chi connectivity index (χ1v) is 8.41. The van der Waals surface area contributed by atoms with Crippen molar-refractivity contribution in [1.82, 2.24) is 4.98 Å². The lowest BCUT2D eigenvalue weighted by molar-refractivity contribution is 0.0977. The number of Topliss-reactive ketones (excluding diaryl/α,β-unsaturated/α-hetero) is 1. The van der Waals surface area contributed by atoms with Crippen molar-refractivity contribution in [3.63, 3.8) is 0 Å². The van der Waals surface area contributed by atoms with E-state index in [1.165, 1.54) is 11.1 Å². The van der Waals surface area contributed by atoms with Crippen molar-refractivity contribution < 1.29 is 4.79 Å². The number of hydrogen-bond donors (Lipinski definition) is 1. The Bertz CT molecular complexity index is 885. The topological polar surface area (TPSA) is 56.0 Å². The van der Waals surface area contributed by atoms with Gasteiger partial charge in [-0.25, -0.2) is 0 Å². The number of benzene rings is 2. The van der Waals surface area contributed by atoms with E-state index < -0.39 is 0 Å². The molecule has 0 aliphatic heterocycles. The van der Waals surface area contributed by atoms with Gasteiger partial charge < -0.3 is 5.73 Å². The average molecular weight is 330 g/mol. The van der Waals surface area contributed by atoms with E-state index in [0.29, 0.717) is 12.0 Å². The number of aromatic nitrogens is 1. The Balaban J connectivity index is 1.98. The van der Waals surface area contributed by atoms with E-state index >= 15 is 0 Å². The van der Waals surface area contributed by atoms with E-state index in [1.54, 1.807) is 12.3 Å². The van der Waals surface area contributed by atoms with Gasteiger partial charge in [0.1, 0.15) is 0 Å². The van der Waals surface area contributed by atoms with Crippen LogP contribution in [-0.4, -0.2) is 10.8 Å². The number of ketones is 1.